The molecule has 5 nitrogen and oxygen atoms in total. The van der Waals surface area contributed by atoms with Crippen molar-refractivity contribution in [1.29, 1.82) is 0 Å². The second-order valence-corrected chi connectivity index (χ2v) is 8.11. The Balaban J connectivity index is 3.33. The first kappa shape index (κ1) is 18.7. The Morgan fingerprint density at radius 1 is 1.33 bits per heavy atom. The van der Waals surface area contributed by atoms with Crippen LogP contribution in [0.25, 0.3) is 0 Å². The molecule has 0 saturated carbocycles. The van der Waals surface area contributed by atoms with Gasteiger partial charge in [-0.2, -0.15) is 4.31 Å². The van der Waals surface area contributed by atoms with E-state index in [0.717, 1.165) is 4.31 Å². The van der Waals surface area contributed by atoms with E-state index in [1.54, 1.807) is 13.8 Å². The van der Waals surface area contributed by atoms with E-state index in [0.29, 0.717) is 4.47 Å². The van der Waals surface area contributed by atoms with E-state index in [2.05, 4.69) is 15.9 Å². The zero-order valence-electron chi connectivity index (χ0n) is 11.3. The number of hydrogen-bond donors (Lipinski definition) is 1. The number of halogens is 3. The van der Waals surface area contributed by atoms with Crippen LogP contribution < -0.4 is 0 Å². The van der Waals surface area contributed by atoms with E-state index in [-0.39, 0.29) is 27.9 Å². The molecule has 1 rings (SSSR count). The highest BCUT2D eigenvalue weighted by molar-refractivity contribution is 9.10. The zero-order valence-corrected chi connectivity index (χ0v) is 15.2. The molecular weight excluding hydrogens is 405 g/mol. The number of sulfonamides is 1. The molecule has 9 heteroatoms. The maximum Gasteiger partial charge on any atom is 0.304 e. The first-order chi connectivity index (χ1) is 9.57. The van der Waals surface area contributed by atoms with E-state index < -0.39 is 22.0 Å². The van der Waals surface area contributed by atoms with Crippen LogP contribution in [-0.4, -0.2) is 36.4 Å². The third kappa shape index (κ3) is 4.56. The van der Waals surface area contributed by atoms with Crippen molar-refractivity contribution in [3.8, 4) is 0 Å². The van der Waals surface area contributed by atoms with Crippen LogP contribution in [0.15, 0.2) is 21.5 Å². The lowest BCUT2D eigenvalue weighted by atomic mass is 10.3. The second kappa shape index (κ2) is 7.28. The summed E-state index contributed by atoms with van der Waals surface area (Å²) in [6, 6.07) is 2.43. The lowest BCUT2D eigenvalue weighted by molar-refractivity contribution is -0.137. The second-order valence-electron chi connectivity index (χ2n) is 4.55. The van der Waals surface area contributed by atoms with Crippen LogP contribution in [0.1, 0.15) is 20.3 Å². The van der Waals surface area contributed by atoms with Gasteiger partial charge in [-0.1, -0.05) is 39.1 Å². The number of carboxylic acids is 1. The summed E-state index contributed by atoms with van der Waals surface area (Å²) < 4.78 is 27.0. The summed E-state index contributed by atoms with van der Waals surface area (Å²) in [5, 5.41) is 8.71. The van der Waals surface area contributed by atoms with Crippen molar-refractivity contribution >= 4 is 55.1 Å². The molecule has 0 fully saturated rings. The Morgan fingerprint density at radius 3 is 2.19 bits per heavy atom. The predicted molar refractivity (Wildman–Crippen MR) is 85.4 cm³/mol. The van der Waals surface area contributed by atoms with Crippen molar-refractivity contribution < 1.29 is 18.3 Å². The summed E-state index contributed by atoms with van der Waals surface area (Å²) in [6.07, 6.45) is -0.302. The van der Waals surface area contributed by atoms with Crippen molar-refractivity contribution in [2.45, 2.75) is 31.2 Å². The minimum absolute atomic E-state index is 0.0182. The largest absolute Gasteiger partial charge is 0.481 e. The highest BCUT2D eigenvalue weighted by atomic mass is 79.9. The minimum atomic E-state index is -3.99. The van der Waals surface area contributed by atoms with Crippen molar-refractivity contribution in [1.82, 2.24) is 4.31 Å². The molecule has 21 heavy (non-hydrogen) atoms. The summed E-state index contributed by atoms with van der Waals surface area (Å²) in [5.41, 5.74) is 0. The average Bonchev–Trinajstić information content (AvgIpc) is 2.25. The fourth-order valence-corrected chi connectivity index (χ4v) is 5.28. The Labute approximate surface area is 142 Å². The number of rotatable bonds is 6. The molecule has 0 bridgehead atoms. The SMILES string of the molecule is CC(C)N(CCC(=O)O)S(=O)(=O)c1c(Cl)cc(Br)cc1Cl. The number of aliphatic carboxylic acids is 1. The van der Waals surface area contributed by atoms with Gasteiger partial charge >= 0.3 is 5.97 Å². The lowest BCUT2D eigenvalue weighted by Crippen LogP contribution is -2.38. The van der Waals surface area contributed by atoms with Gasteiger partial charge in [0, 0.05) is 17.1 Å². The Morgan fingerprint density at radius 2 is 1.81 bits per heavy atom. The minimum Gasteiger partial charge on any atom is -0.481 e. The zero-order chi connectivity index (χ0) is 16.4. The summed E-state index contributed by atoms with van der Waals surface area (Å²) in [4.78, 5) is 10.5. The van der Waals surface area contributed by atoms with E-state index in [1.165, 1.54) is 12.1 Å². The van der Waals surface area contributed by atoms with Gasteiger partial charge in [0.05, 0.1) is 16.5 Å². The van der Waals surface area contributed by atoms with Gasteiger partial charge in [-0.15, -0.1) is 0 Å². The molecule has 1 N–H and O–H groups in total. The van der Waals surface area contributed by atoms with Crippen LogP contribution in [0.4, 0.5) is 0 Å². The van der Waals surface area contributed by atoms with Crippen molar-refractivity contribution in [3.05, 3.63) is 26.7 Å². The maximum atomic E-state index is 12.7. The summed E-state index contributed by atoms with van der Waals surface area (Å²) in [6.45, 7) is 3.15. The maximum absolute atomic E-state index is 12.7. The first-order valence-corrected chi connectivity index (χ1v) is 8.94. The quantitative estimate of drug-likeness (QED) is 0.765. The van der Waals surface area contributed by atoms with Crippen LogP contribution in [0.3, 0.4) is 0 Å². The van der Waals surface area contributed by atoms with Crippen molar-refractivity contribution in [3.63, 3.8) is 0 Å². The first-order valence-electron chi connectivity index (χ1n) is 5.95. The van der Waals surface area contributed by atoms with E-state index in [1.807, 2.05) is 0 Å². The van der Waals surface area contributed by atoms with Gasteiger partial charge in [0.15, 0.2) is 0 Å². The molecule has 0 amide bonds. The average molecular weight is 419 g/mol. The molecule has 0 unspecified atom stereocenters. The molecule has 1 aromatic rings. The summed E-state index contributed by atoms with van der Waals surface area (Å²) >= 11 is 15.2. The van der Waals surface area contributed by atoms with E-state index >= 15 is 0 Å². The molecule has 0 saturated heterocycles. The normalized spacial score (nSPS) is 12.1. The van der Waals surface area contributed by atoms with Gasteiger partial charge in [0.25, 0.3) is 0 Å². The molecule has 1 aromatic carbocycles. The van der Waals surface area contributed by atoms with Gasteiger partial charge in [-0.05, 0) is 26.0 Å². The molecular formula is C12H14BrCl2NO4S. The Kier molecular flexibility index (Phi) is 6.49. The number of carbonyl (C=O) groups is 1. The number of benzene rings is 1. The fraction of sp³-hybridized carbons (Fsp3) is 0.417. The molecule has 0 aromatic heterocycles. The fourth-order valence-electron chi connectivity index (χ4n) is 1.75. The molecule has 0 spiro atoms. The molecule has 0 aliphatic heterocycles. The summed E-state index contributed by atoms with van der Waals surface area (Å²) in [5.74, 6) is -1.08. The van der Waals surface area contributed by atoms with Crippen molar-refractivity contribution in [2.24, 2.45) is 0 Å². The van der Waals surface area contributed by atoms with Crippen LogP contribution in [0, 0.1) is 0 Å². The smallest absolute Gasteiger partial charge is 0.304 e. The van der Waals surface area contributed by atoms with Gasteiger partial charge < -0.3 is 5.11 Å². The van der Waals surface area contributed by atoms with Gasteiger partial charge in [0.1, 0.15) is 4.90 Å². The number of nitrogens with zero attached hydrogens (tertiary/aromatic N) is 1. The van der Waals surface area contributed by atoms with Gasteiger partial charge in [-0.25, -0.2) is 8.42 Å². The molecule has 0 radical (unpaired) electrons. The van der Waals surface area contributed by atoms with Crippen LogP contribution in [-0.2, 0) is 14.8 Å². The van der Waals surface area contributed by atoms with Crippen LogP contribution in [0.2, 0.25) is 10.0 Å². The predicted octanol–water partition coefficient (Wildman–Crippen LogP) is 3.63. The summed E-state index contributed by atoms with van der Waals surface area (Å²) in [7, 11) is -3.99. The Bertz CT molecular complexity index is 626. The van der Waals surface area contributed by atoms with Crippen LogP contribution in [0.5, 0.6) is 0 Å². The molecule has 0 aliphatic carbocycles. The third-order valence-electron chi connectivity index (χ3n) is 2.65. The van der Waals surface area contributed by atoms with E-state index in [9.17, 15) is 13.2 Å². The molecule has 118 valence electrons. The number of carboxylic acid groups (broad SMARTS) is 1. The topological polar surface area (TPSA) is 74.7 Å². The highest BCUT2D eigenvalue weighted by Crippen LogP contribution is 2.35. The standard InChI is InChI=1S/C12H14BrCl2NO4S/c1-7(2)16(4-3-11(17)18)21(19,20)12-9(14)5-8(13)6-10(12)15/h5-7H,3-4H2,1-2H3,(H,17,18). The number of hydrogen-bond acceptors (Lipinski definition) is 3. The van der Waals surface area contributed by atoms with Gasteiger partial charge in [-0.3, -0.25) is 4.79 Å². The Hall–Kier alpha value is -0.340. The molecule has 0 atom stereocenters. The molecule has 0 aliphatic rings. The van der Waals surface area contributed by atoms with Gasteiger partial charge in [0.2, 0.25) is 10.0 Å². The van der Waals surface area contributed by atoms with Crippen molar-refractivity contribution in [2.75, 3.05) is 6.54 Å². The lowest BCUT2D eigenvalue weighted by Gasteiger charge is -2.26. The molecule has 0 heterocycles. The van der Waals surface area contributed by atoms with E-state index in [4.69, 9.17) is 28.3 Å². The van der Waals surface area contributed by atoms with Crippen LogP contribution >= 0.6 is 39.1 Å². The monoisotopic (exact) mass is 417 g/mol. The highest BCUT2D eigenvalue weighted by Gasteiger charge is 2.31. The third-order valence-corrected chi connectivity index (χ3v) is 6.11.